The Morgan fingerprint density at radius 1 is 1.06 bits per heavy atom. The minimum Gasteiger partial charge on any atom is -0.491 e. The molecule has 2 heterocycles. The fourth-order valence-corrected chi connectivity index (χ4v) is 4.29. The molecule has 1 aliphatic heterocycles. The second-order valence-electron chi connectivity index (χ2n) is 8.63. The summed E-state index contributed by atoms with van der Waals surface area (Å²) < 4.78 is 8.17. The number of hydrogen-bond acceptors (Lipinski definition) is 3. The number of benzene rings is 2. The molecule has 4 rings (SSSR count). The summed E-state index contributed by atoms with van der Waals surface area (Å²) in [6, 6.07) is 14.1. The van der Waals surface area contributed by atoms with Crippen molar-refractivity contribution in [1.29, 1.82) is 0 Å². The van der Waals surface area contributed by atoms with E-state index in [2.05, 4.69) is 39.0 Å². The van der Waals surface area contributed by atoms with Crippen molar-refractivity contribution in [2.24, 2.45) is 0 Å². The summed E-state index contributed by atoms with van der Waals surface area (Å²) >= 11 is 0. The van der Waals surface area contributed by atoms with Gasteiger partial charge in [0.15, 0.2) is 0 Å². The summed E-state index contributed by atoms with van der Waals surface area (Å²) in [4.78, 5) is 27.3. The molecule has 2 aromatic carbocycles. The number of Topliss-reactive ketones (excluding diaryl/α,β-unsaturated/α-hetero) is 1. The third-order valence-corrected chi connectivity index (χ3v) is 6.00. The van der Waals surface area contributed by atoms with Gasteiger partial charge in [0.1, 0.15) is 12.4 Å². The van der Waals surface area contributed by atoms with Gasteiger partial charge in [0.05, 0.1) is 12.1 Å². The average Bonchev–Trinajstić information content (AvgIpc) is 3.41. The molecule has 1 aromatic heterocycles. The van der Waals surface area contributed by atoms with Crippen LogP contribution in [-0.4, -0.2) is 40.9 Å². The highest BCUT2D eigenvalue weighted by atomic mass is 16.5. The fourth-order valence-electron chi connectivity index (χ4n) is 4.29. The van der Waals surface area contributed by atoms with Crippen LogP contribution in [0.25, 0.3) is 10.9 Å². The lowest BCUT2D eigenvalue weighted by Gasteiger charge is -2.15. The van der Waals surface area contributed by atoms with Gasteiger partial charge in [-0.25, -0.2) is 0 Å². The van der Waals surface area contributed by atoms with E-state index < -0.39 is 11.7 Å². The van der Waals surface area contributed by atoms with Gasteiger partial charge in [0, 0.05) is 30.2 Å². The maximum absolute atomic E-state index is 13.0. The molecule has 1 aliphatic rings. The van der Waals surface area contributed by atoms with Crippen molar-refractivity contribution in [2.75, 3.05) is 19.7 Å². The van der Waals surface area contributed by atoms with Crippen LogP contribution >= 0.6 is 0 Å². The molecular formula is C26H30N2O3. The SMILES string of the molecule is Cc1ccc(C(C)C)c(OCCn2cc(C(=O)C(=O)N3CCCC3)c3ccccc32)c1. The summed E-state index contributed by atoms with van der Waals surface area (Å²) in [7, 11) is 0. The predicted molar refractivity (Wildman–Crippen MR) is 123 cm³/mol. The Labute approximate surface area is 183 Å². The molecule has 31 heavy (non-hydrogen) atoms. The van der Waals surface area contributed by atoms with E-state index in [1.807, 2.05) is 35.0 Å². The number of ether oxygens (including phenoxy) is 1. The van der Waals surface area contributed by atoms with Crippen molar-refractivity contribution in [3.05, 3.63) is 65.4 Å². The standard InChI is InChI=1S/C26H30N2O3/c1-18(2)20-11-10-19(3)16-24(20)31-15-14-28-17-22(21-8-4-5-9-23(21)28)25(29)26(30)27-12-6-7-13-27/h4-5,8-11,16-18H,6-7,12-15H2,1-3H3. The Hall–Kier alpha value is -3.08. The number of amides is 1. The summed E-state index contributed by atoms with van der Waals surface area (Å²) in [6.45, 7) is 8.80. The van der Waals surface area contributed by atoms with Crippen LogP contribution in [0.4, 0.5) is 0 Å². The third-order valence-electron chi connectivity index (χ3n) is 6.00. The van der Waals surface area contributed by atoms with E-state index in [-0.39, 0.29) is 0 Å². The molecule has 0 bridgehead atoms. The number of aryl methyl sites for hydroxylation is 1. The molecule has 1 saturated heterocycles. The molecule has 0 radical (unpaired) electrons. The number of carbonyl (C=O) groups is 2. The van der Waals surface area contributed by atoms with E-state index in [1.54, 1.807) is 4.90 Å². The zero-order valence-corrected chi connectivity index (χ0v) is 18.6. The number of para-hydroxylation sites is 1. The molecule has 3 aromatic rings. The van der Waals surface area contributed by atoms with Gasteiger partial charge in [-0.3, -0.25) is 9.59 Å². The molecule has 5 heteroatoms. The van der Waals surface area contributed by atoms with Gasteiger partial charge >= 0.3 is 0 Å². The molecule has 1 fully saturated rings. The maximum Gasteiger partial charge on any atom is 0.295 e. The molecule has 5 nitrogen and oxygen atoms in total. The number of nitrogens with zero attached hydrogens (tertiary/aromatic N) is 2. The highest BCUT2D eigenvalue weighted by Crippen LogP contribution is 2.28. The molecular weight excluding hydrogens is 388 g/mol. The number of carbonyl (C=O) groups excluding carboxylic acids is 2. The molecule has 0 unspecified atom stereocenters. The van der Waals surface area contributed by atoms with Crippen molar-refractivity contribution in [3.8, 4) is 5.75 Å². The van der Waals surface area contributed by atoms with Crippen LogP contribution in [0.15, 0.2) is 48.7 Å². The first kappa shape index (κ1) is 21.2. The van der Waals surface area contributed by atoms with Gasteiger partial charge in [-0.05, 0) is 48.9 Å². The third kappa shape index (κ3) is 4.36. The Morgan fingerprint density at radius 3 is 2.55 bits per heavy atom. The fraction of sp³-hybridized carbons (Fsp3) is 0.385. The van der Waals surface area contributed by atoms with Crippen molar-refractivity contribution < 1.29 is 14.3 Å². The smallest absolute Gasteiger partial charge is 0.295 e. The minimum atomic E-state index is -0.418. The number of fused-ring (bicyclic) bond motifs is 1. The van der Waals surface area contributed by atoms with Gasteiger partial charge in [-0.2, -0.15) is 0 Å². The number of ketones is 1. The molecule has 1 amide bonds. The van der Waals surface area contributed by atoms with Crippen LogP contribution in [0, 0.1) is 6.92 Å². The van der Waals surface area contributed by atoms with E-state index in [0.717, 1.165) is 29.5 Å². The number of rotatable bonds is 7. The lowest BCUT2D eigenvalue weighted by molar-refractivity contribution is -0.125. The van der Waals surface area contributed by atoms with Crippen molar-refractivity contribution in [3.63, 3.8) is 0 Å². The van der Waals surface area contributed by atoms with E-state index in [0.29, 0.717) is 37.7 Å². The molecule has 162 valence electrons. The normalized spacial score (nSPS) is 13.9. The second kappa shape index (κ2) is 8.96. The van der Waals surface area contributed by atoms with E-state index >= 15 is 0 Å². The Kier molecular flexibility index (Phi) is 6.12. The zero-order valence-electron chi connectivity index (χ0n) is 18.6. The van der Waals surface area contributed by atoms with Crippen LogP contribution in [0.5, 0.6) is 5.75 Å². The first-order valence-electron chi connectivity index (χ1n) is 11.1. The summed E-state index contributed by atoms with van der Waals surface area (Å²) in [6.07, 6.45) is 3.74. The number of hydrogen-bond donors (Lipinski definition) is 0. The highest BCUT2D eigenvalue weighted by molar-refractivity contribution is 6.44. The maximum atomic E-state index is 13.0. The predicted octanol–water partition coefficient (Wildman–Crippen LogP) is 4.96. The molecule has 0 aliphatic carbocycles. The summed E-state index contributed by atoms with van der Waals surface area (Å²) in [5.74, 6) is 0.479. The van der Waals surface area contributed by atoms with Crippen LogP contribution in [-0.2, 0) is 11.3 Å². The summed E-state index contributed by atoms with van der Waals surface area (Å²) in [5, 5.41) is 0.818. The largest absolute Gasteiger partial charge is 0.491 e. The van der Waals surface area contributed by atoms with E-state index in [9.17, 15) is 9.59 Å². The average molecular weight is 419 g/mol. The number of aromatic nitrogens is 1. The van der Waals surface area contributed by atoms with Crippen LogP contribution in [0.3, 0.4) is 0 Å². The van der Waals surface area contributed by atoms with Gasteiger partial charge in [-0.1, -0.05) is 44.2 Å². The van der Waals surface area contributed by atoms with E-state index in [4.69, 9.17) is 4.74 Å². The summed E-state index contributed by atoms with van der Waals surface area (Å²) in [5.41, 5.74) is 3.78. The second-order valence-corrected chi connectivity index (χ2v) is 8.63. The molecule has 0 saturated carbocycles. The van der Waals surface area contributed by atoms with Crippen molar-refractivity contribution in [1.82, 2.24) is 9.47 Å². The minimum absolute atomic E-state index is 0.379. The number of likely N-dealkylation sites (tertiary alicyclic amines) is 1. The highest BCUT2D eigenvalue weighted by Gasteiger charge is 2.28. The molecule has 0 spiro atoms. The van der Waals surface area contributed by atoms with E-state index in [1.165, 1.54) is 11.1 Å². The van der Waals surface area contributed by atoms with Crippen molar-refractivity contribution in [2.45, 2.75) is 46.1 Å². The van der Waals surface area contributed by atoms with Crippen LogP contribution < -0.4 is 4.74 Å². The quantitative estimate of drug-likeness (QED) is 0.403. The molecule has 0 atom stereocenters. The topological polar surface area (TPSA) is 51.5 Å². The Morgan fingerprint density at radius 2 is 1.81 bits per heavy atom. The Balaban J connectivity index is 1.55. The van der Waals surface area contributed by atoms with Gasteiger partial charge in [0.25, 0.3) is 11.7 Å². The lowest BCUT2D eigenvalue weighted by atomic mass is 10.0. The van der Waals surface area contributed by atoms with Crippen LogP contribution in [0.2, 0.25) is 0 Å². The first-order valence-corrected chi connectivity index (χ1v) is 11.1. The van der Waals surface area contributed by atoms with Gasteiger partial charge in [-0.15, -0.1) is 0 Å². The zero-order chi connectivity index (χ0) is 22.0. The first-order chi connectivity index (χ1) is 15.0. The van der Waals surface area contributed by atoms with Gasteiger partial charge in [0.2, 0.25) is 0 Å². The monoisotopic (exact) mass is 418 g/mol. The van der Waals surface area contributed by atoms with Crippen molar-refractivity contribution >= 4 is 22.6 Å². The van der Waals surface area contributed by atoms with Gasteiger partial charge < -0.3 is 14.2 Å². The lowest BCUT2D eigenvalue weighted by Crippen LogP contribution is -2.34. The van der Waals surface area contributed by atoms with Crippen LogP contribution in [0.1, 0.15) is 54.1 Å². The molecule has 0 N–H and O–H groups in total. The Bertz CT molecular complexity index is 1110.